The number of aromatic amines is 1. The zero-order chi connectivity index (χ0) is 13.0. The number of carbonyl (C=O) groups is 1. The molecule has 94 valence electrons. The van der Waals surface area contributed by atoms with E-state index in [4.69, 9.17) is 5.73 Å². The van der Waals surface area contributed by atoms with Gasteiger partial charge in [0, 0.05) is 17.8 Å². The molecule has 1 aromatic heterocycles. The summed E-state index contributed by atoms with van der Waals surface area (Å²) in [6, 6.07) is 8.66. The van der Waals surface area contributed by atoms with Crippen LogP contribution < -0.4 is 11.1 Å². The average Bonchev–Trinajstić information content (AvgIpc) is 2.81. The van der Waals surface area contributed by atoms with Gasteiger partial charge in [-0.05, 0) is 12.5 Å². The van der Waals surface area contributed by atoms with Crippen molar-refractivity contribution in [2.75, 3.05) is 0 Å². The van der Waals surface area contributed by atoms with Gasteiger partial charge in [-0.1, -0.05) is 30.3 Å². The van der Waals surface area contributed by atoms with E-state index < -0.39 is 6.04 Å². The molecule has 0 radical (unpaired) electrons. The van der Waals surface area contributed by atoms with Gasteiger partial charge in [0.1, 0.15) is 6.04 Å². The predicted octanol–water partition coefficient (Wildman–Crippen LogP) is 1.03. The second-order valence-corrected chi connectivity index (χ2v) is 4.13. The maximum absolute atomic E-state index is 11.9. The fourth-order valence-electron chi connectivity index (χ4n) is 1.66. The molecule has 2 aromatic rings. The van der Waals surface area contributed by atoms with E-state index >= 15 is 0 Å². The number of benzene rings is 1. The smallest absolute Gasteiger partial charge is 0.241 e. The lowest BCUT2D eigenvalue weighted by atomic mass is 10.1. The highest BCUT2D eigenvalue weighted by Gasteiger charge is 2.15. The Hall–Kier alpha value is -2.14. The topological polar surface area (TPSA) is 83.8 Å². The minimum atomic E-state index is -0.640. The van der Waals surface area contributed by atoms with Gasteiger partial charge in [0.25, 0.3) is 0 Å². The van der Waals surface area contributed by atoms with Crippen LogP contribution in [0.1, 0.15) is 22.9 Å². The van der Waals surface area contributed by atoms with E-state index in [1.54, 1.807) is 6.20 Å². The largest absolute Gasteiger partial charge is 0.350 e. The molecule has 0 saturated carbocycles. The minimum absolute atomic E-state index is 0.193. The fraction of sp³-hybridized carbons (Fsp3) is 0.231. The minimum Gasteiger partial charge on any atom is -0.350 e. The number of rotatable bonds is 4. The van der Waals surface area contributed by atoms with Gasteiger partial charge in [-0.15, -0.1) is 0 Å². The first-order valence-electron chi connectivity index (χ1n) is 5.75. The van der Waals surface area contributed by atoms with Crippen molar-refractivity contribution in [3.05, 3.63) is 53.3 Å². The van der Waals surface area contributed by atoms with Crippen LogP contribution in [0.25, 0.3) is 0 Å². The van der Waals surface area contributed by atoms with E-state index in [0.29, 0.717) is 6.54 Å². The van der Waals surface area contributed by atoms with Gasteiger partial charge in [0.05, 0.1) is 6.20 Å². The van der Waals surface area contributed by atoms with Crippen LogP contribution in [0.2, 0.25) is 0 Å². The van der Waals surface area contributed by atoms with Gasteiger partial charge in [0.2, 0.25) is 5.91 Å². The van der Waals surface area contributed by atoms with Gasteiger partial charge < -0.3 is 11.1 Å². The zero-order valence-electron chi connectivity index (χ0n) is 10.2. The third-order valence-corrected chi connectivity index (χ3v) is 2.83. The number of hydrogen-bond donors (Lipinski definition) is 3. The number of amides is 1. The monoisotopic (exact) mass is 244 g/mol. The summed E-state index contributed by atoms with van der Waals surface area (Å²) in [6.07, 6.45) is 1.70. The molecule has 5 heteroatoms. The highest BCUT2D eigenvalue weighted by Crippen LogP contribution is 2.10. The quantitative estimate of drug-likeness (QED) is 0.751. The SMILES string of the molecule is Cc1[nH]ncc1CNC(=O)[C@@H](N)c1ccccc1. The Labute approximate surface area is 105 Å². The average molecular weight is 244 g/mol. The van der Waals surface area contributed by atoms with Gasteiger partial charge in [0.15, 0.2) is 0 Å². The number of hydrogen-bond acceptors (Lipinski definition) is 3. The molecule has 0 unspecified atom stereocenters. The van der Waals surface area contributed by atoms with Crippen LogP contribution in [0.5, 0.6) is 0 Å². The van der Waals surface area contributed by atoms with E-state index in [9.17, 15) is 4.79 Å². The molecule has 0 fully saturated rings. The lowest BCUT2D eigenvalue weighted by Crippen LogP contribution is -2.33. The van der Waals surface area contributed by atoms with Crippen LogP contribution in [0, 0.1) is 6.92 Å². The molecule has 0 aliphatic rings. The standard InChI is InChI=1S/C13H16N4O/c1-9-11(8-16-17-9)7-15-13(18)12(14)10-5-3-2-4-6-10/h2-6,8,12H,7,14H2,1H3,(H,15,18)(H,16,17)/t12-/m0/s1. The molecule has 1 atom stereocenters. The lowest BCUT2D eigenvalue weighted by Gasteiger charge is -2.12. The molecule has 5 nitrogen and oxygen atoms in total. The number of nitrogens with one attached hydrogen (secondary N) is 2. The van der Waals surface area contributed by atoms with Crippen molar-refractivity contribution in [3.63, 3.8) is 0 Å². The van der Waals surface area contributed by atoms with Crippen LogP contribution in [0.3, 0.4) is 0 Å². The Morgan fingerprint density at radius 2 is 2.17 bits per heavy atom. The van der Waals surface area contributed by atoms with E-state index in [1.807, 2.05) is 37.3 Å². The molecule has 0 aliphatic carbocycles. The molecular weight excluding hydrogens is 228 g/mol. The Balaban J connectivity index is 1.95. The number of nitrogens with zero attached hydrogens (tertiary/aromatic N) is 1. The normalized spacial score (nSPS) is 12.1. The Morgan fingerprint density at radius 3 is 2.78 bits per heavy atom. The van der Waals surface area contributed by atoms with Gasteiger partial charge in [-0.25, -0.2) is 0 Å². The maximum Gasteiger partial charge on any atom is 0.241 e. The second-order valence-electron chi connectivity index (χ2n) is 4.13. The number of H-pyrrole nitrogens is 1. The molecule has 0 saturated heterocycles. The molecule has 0 bridgehead atoms. The lowest BCUT2D eigenvalue weighted by molar-refractivity contribution is -0.122. The Kier molecular flexibility index (Phi) is 3.74. The summed E-state index contributed by atoms with van der Waals surface area (Å²) in [7, 11) is 0. The van der Waals surface area contributed by atoms with Crippen LogP contribution in [0.15, 0.2) is 36.5 Å². The molecule has 18 heavy (non-hydrogen) atoms. The molecule has 0 spiro atoms. The molecule has 2 rings (SSSR count). The third kappa shape index (κ3) is 2.75. The summed E-state index contributed by atoms with van der Waals surface area (Å²) in [5, 5.41) is 9.52. The molecule has 0 aliphatic heterocycles. The van der Waals surface area contributed by atoms with Crippen molar-refractivity contribution < 1.29 is 4.79 Å². The molecule has 4 N–H and O–H groups in total. The van der Waals surface area contributed by atoms with Crippen molar-refractivity contribution in [2.24, 2.45) is 5.73 Å². The van der Waals surface area contributed by atoms with Crippen LogP contribution >= 0.6 is 0 Å². The van der Waals surface area contributed by atoms with Crippen molar-refractivity contribution >= 4 is 5.91 Å². The summed E-state index contributed by atoms with van der Waals surface area (Å²) < 4.78 is 0. The summed E-state index contributed by atoms with van der Waals surface area (Å²) in [6.45, 7) is 2.34. The van der Waals surface area contributed by atoms with Crippen LogP contribution in [0.4, 0.5) is 0 Å². The number of nitrogens with two attached hydrogens (primary N) is 1. The van der Waals surface area contributed by atoms with Crippen molar-refractivity contribution in [1.82, 2.24) is 15.5 Å². The number of aryl methyl sites for hydroxylation is 1. The zero-order valence-corrected chi connectivity index (χ0v) is 10.2. The number of carbonyl (C=O) groups excluding carboxylic acids is 1. The first kappa shape index (κ1) is 12.3. The Morgan fingerprint density at radius 1 is 1.44 bits per heavy atom. The Bertz CT molecular complexity index is 521. The molecule has 1 aromatic carbocycles. The predicted molar refractivity (Wildman–Crippen MR) is 68.5 cm³/mol. The van der Waals surface area contributed by atoms with E-state index in [1.165, 1.54) is 0 Å². The van der Waals surface area contributed by atoms with E-state index in [-0.39, 0.29) is 5.91 Å². The highest BCUT2D eigenvalue weighted by atomic mass is 16.2. The molecule has 1 heterocycles. The first-order valence-corrected chi connectivity index (χ1v) is 5.75. The van der Waals surface area contributed by atoms with Crippen LogP contribution in [-0.4, -0.2) is 16.1 Å². The van der Waals surface area contributed by atoms with Crippen molar-refractivity contribution in [2.45, 2.75) is 19.5 Å². The van der Waals surface area contributed by atoms with E-state index in [2.05, 4.69) is 15.5 Å². The summed E-state index contributed by atoms with van der Waals surface area (Å²) in [4.78, 5) is 11.9. The number of aromatic nitrogens is 2. The van der Waals surface area contributed by atoms with Gasteiger partial charge in [-0.2, -0.15) is 5.10 Å². The van der Waals surface area contributed by atoms with Crippen molar-refractivity contribution in [1.29, 1.82) is 0 Å². The second kappa shape index (κ2) is 5.46. The van der Waals surface area contributed by atoms with Gasteiger partial charge in [-0.3, -0.25) is 9.89 Å². The molecular formula is C13H16N4O. The van der Waals surface area contributed by atoms with Gasteiger partial charge >= 0.3 is 0 Å². The third-order valence-electron chi connectivity index (χ3n) is 2.83. The van der Waals surface area contributed by atoms with Crippen molar-refractivity contribution in [3.8, 4) is 0 Å². The molecule has 1 amide bonds. The first-order chi connectivity index (χ1) is 8.68. The van der Waals surface area contributed by atoms with Crippen LogP contribution in [-0.2, 0) is 11.3 Å². The highest BCUT2D eigenvalue weighted by molar-refractivity contribution is 5.82. The van der Waals surface area contributed by atoms with E-state index in [0.717, 1.165) is 16.8 Å². The summed E-state index contributed by atoms with van der Waals surface area (Å²) in [5.74, 6) is -0.193. The summed E-state index contributed by atoms with van der Waals surface area (Å²) in [5.41, 5.74) is 8.59. The summed E-state index contributed by atoms with van der Waals surface area (Å²) >= 11 is 0. The fourth-order valence-corrected chi connectivity index (χ4v) is 1.66. The maximum atomic E-state index is 11.9.